The molecule has 0 spiro atoms. The lowest BCUT2D eigenvalue weighted by molar-refractivity contribution is 0.0258. The zero-order valence-corrected chi connectivity index (χ0v) is 9.59. The van der Waals surface area contributed by atoms with E-state index in [9.17, 15) is 4.79 Å². The molecule has 0 amide bonds. The fourth-order valence-electron chi connectivity index (χ4n) is 1.20. The summed E-state index contributed by atoms with van der Waals surface area (Å²) >= 11 is 0. The highest BCUT2D eigenvalue weighted by Crippen LogP contribution is 2.06. The van der Waals surface area contributed by atoms with Gasteiger partial charge in [-0.25, -0.2) is 4.79 Å². The van der Waals surface area contributed by atoms with Crippen LogP contribution in [0.5, 0.6) is 0 Å². The van der Waals surface area contributed by atoms with Gasteiger partial charge in [0.15, 0.2) is 0 Å². The molecular weight excluding hydrogens is 220 g/mol. The molecule has 0 saturated carbocycles. The van der Waals surface area contributed by atoms with Gasteiger partial charge in [-0.2, -0.15) is 0 Å². The van der Waals surface area contributed by atoms with E-state index in [-0.39, 0.29) is 32.4 Å². The standard InChI is InChI=1S/C13H16O4/c1-2-11-3-5-12(6-4-11)13(15)17-10-9-16-8-7-14/h2-6,14H,1,7-10H2. The van der Waals surface area contributed by atoms with Gasteiger partial charge in [-0.3, -0.25) is 0 Å². The fourth-order valence-corrected chi connectivity index (χ4v) is 1.20. The van der Waals surface area contributed by atoms with Crippen LogP contribution in [0.15, 0.2) is 30.8 Å². The van der Waals surface area contributed by atoms with Crippen molar-refractivity contribution in [1.82, 2.24) is 0 Å². The van der Waals surface area contributed by atoms with E-state index < -0.39 is 0 Å². The van der Waals surface area contributed by atoms with Crippen LogP contribution < -0.4 is 0 Å². The number of benzene rings is 1. The van der Waals surface area contributed by atoms with Gasteiger partial charge in [-0.15, -0.1) is 0 Å². The van der Waals surface area contributed by atoms with Crippen LogP contribution in [0.4, 0.5) is 0 Å². The topological polar surface area (TPSA) is 55.8 Å². The Bertz CT molecular complexity index is 356. The highest BCUT2D eigenvalue weighted by Gasteiger charge is 2.05. The fraction of sp³-hybridized carbons (Fsp3) is 0.308. The molecule has 0 saturated heterocycles. The average molecular weight is 236 g/mol. The minimum absolute atomic E-state index is 0.0308. The van der Waals surface area contributed by atoms with Gasteiger partial charge < -0.3 is 14.6 Å². The zero-order chi connectivity index (χ0) is 12.5. The van der Waals surface area contributed by atoms with Crippen LogP contribution in [0.1, 0.15) is 15.9 Å². The van der Waals surface area contributed by atoms with Crippen LogP contribution in [0.2, 0.25) is 0 Å². The Labute approximate surface area is 100 Å². The van der Waals surface area contributed by atoms with Crippen molar-refractivity contribution in [2.24, 2.45) is 0 Å². The maximum absolute atomic E-state index is 11.5. The number of carbonyl (C=O) groups is 1. The Hall–Kier alpha value is -1.65. The number of hydrogen-bond acceptors (Lipinski definition) is 4. The Morgan fingerprint density at radius 3 is 2.53 bits per heavy atom. The number of aliphatic hydroxyl groups is 1. The first-order valence-corrected chi connectivity index (χ1v) is 5.36. The Morgan fingerprint density at radius 1 is 1.24 bits per heavy atom. The van der Waals surface area contributed by atoms with Gasteiger partial charge in [-0.1, -0.05) is 24.8 Å². The Kier molecular flexibility index (Phi) is 5.99. The zero-order valence-electron chi connectivity index (χ0n) is 9.59. The molecule has 0 aliphatic carbocycles. The first-order valence-electron chi connectivity index (χ1n) is 5.36. The van der Waals surface area contributed by atoms with E-state index in [2.05, 4.69) is 6.58 Å². The third kappa shape index (κ3) is 4.80. The molecule has 1 aromatic carbocycles. The van der Waals surface area contributed by atoms with Crippen molar-refractivity contribution in [3.05, 3.63) is 42.0 Å². The third-order valence-electron chi connectivity index (χ3n) is 2.08. The Balaban J connectivity index is 2.33. The van der Waals surface area contributed by atoms with Crippen molar-refractivity contribution in [2.45, 2.75) is 0 Å². The van der Waals surface area contributed by atoms with E-state index >= 15 is 0 Å². The van der Waals surface area contributed by atoms with Gasteiger partial charge in [-0.05, 0) is 17.7 Å². The summed E-state index contributed by atoms with van der Waals surface area (Å²) in [5, 5.41) is 8.46. The van der Waals surface area contributed by atoms with E-state index in [1.54, 1.807) is 30.3 Å². The van der Waals surface area contributed by atoms with Crippen molar-refractivity contribution in [3.63, 3.8) is 0 Å². The van der Waals surface area contributed by atoms with Gasteiger partial charge >= 0.3 is 5.97 Å². The average Bonchev–Trinajstić information content (AvgIpc) is 2.38. The molecule has 92 valence electrons. The number of rotatable bonds is 7. The molecule has 0 heterocycles. The van der Waals surface area contributed by atoms with E-state index in [0.29, 0.717) is 5.56 Å². The molecule has 0 bridgehead atoms. The SMILES string of the molecule is C=Cc1ccc(C(=O)OCCOCCO)cc1. The summed E-state index contributed by atoms with van der Waals surface area (Å²) in [5.41, 5.74) is 1.45. The van der Waals surface area contributed by atoms with Crippen molar-refractivity contribution in [1.29, 1.82) is 0 Å². The highest BCUT2D eigenvalue weighted by molar-refractivity contribution is 5.89. The lowest BCUT2D eigenvalue weighted by atomic mass is 10.1. The summed E-state index contributed by atoms with van der Waals surface area (Å²) in [4.78, 5) is 11.5. The molecule has 0 atom stereocenters. The quantitative estimate of drug-likeness (QED) is 0.575. The highest BCUT2D eigenvalue weighted by atomic mass is 16.6. The van der Waals surface area contributed by atoms with Crippen LogP contribution in [-0.4, -0.2) is 37.5 Å². The normalized spacial score (nSPS) is 9.94. The monoisotopic (exact) mass is 236 g/mol. The van der Waals surface area contributed by atoms with Gasteiger partial charge in [0.1, 0.15) is 6.61 Å². The van der Waals surface area contributed by atoms with Gasteiger partial charge in [0.2, 0.25) is 0 Å². The molecule has 17 heavy (non-hydrogen) atoms. The molecule has 0 radical (unpaired) electrons. The second-order valence-corrected chi connectivity index (χ2v) is 3.30. The van der Waals surface area contributed by atoms with Crippen LogP contribution in [0, 0.1) is 0 Å². The van der Waals surface area contributed by atoms with Crippen LogP contribution in [0.25, 0.3) is 6.08 Å². The third-order valence-corrected chi connectivity index (χ3v) is 2.08. The number of hydrogen-bond donors (Lipinski definition) is 1. The molecule has 0 aliphatic rings. The minimum Gasteiger partial charge on any atom is -0.460 e. The summed E-state index contributed by atoms with van der Waals surface area (Å²) in [6.07, 6.45) is 1.71. The summed E-state index contributed by atoms with van der Waals surface area (Å²) in [5.74, 6) is -0.381. The smallest absolute Gasteiger partial charge is 0.338 e. The number of carbonyl (C=O) groups excluding carboxylic acids is 1. The molecule has 0 unspecified atom stereocenters. The second-order valence-electron chi connectivity index (χ2n) is 3.30. The number of esters is 1. The molecule has 0 aromatic heterocycles. The van der Waals surface area contributed by atoms with Crippen molar-refractivity contribution in [3.8, 4) is 0 Å². The molecule has 1 aromatic rings. The maximum Gasteiger partial charge on any atom is 0.338 e. The van der Waals surface area contributed by atoms with Crippen molar-refractivity contribution >= 4 is 12.0 Å². The van der Waals surface area contributed by atoms with Gasteiger partial charge in [0, 0.05) is 0 Å². The van der Waals surface area contributed by atoms with E-state index in [1.807, 2.05) is 0 Å². The predicted molar refractivity (Wildman–Crippen MR) is 64.7 cm³/mol. The van der Waals surface area contributed by atoms with Crippen LogP contribution in [-0.2, 0) is 9.47 Å². The summed E-state index contributed by atoms with van der Waals surface area (Å²) in [7, 11) is 0. The maximum atomic E-state index is 11.5. The van der Waals surface area contributed by atoms with Crippen LogP contribution in [0.3, 0.4) is 0 Å². The largest absolute Gasteiger partial charge is 0.460 e. The molecule has 0 fully saturated rings. The first kappa shape index (κ1) is 13.4. The lowest BCUT2D eigenvalue weighted by Crippen LogP contribution is -2.12. The van der Waals surface area contributed by atoms with Crippen LogP contribution >= 0.6 is 0 Å². The number of ether oxygens (including phenoxy) is 2. The van der Waals surface area contributed by atoms with Gasteiger partial charge in [0.05, 0.1) is 25.4 Å². The predicted octanol–water partition coefficient (Wildman–Crippen LogP) is 1.50. The van der Waals surface area contributed by atoms with Gasteiger partial charge in [0.25, 0.3) is 0 Å². The summed E-state index contributed by atoms with van der Waals surface area (Å²) < 4.78 is 9.94. The summed E-state index contributed by atoms with van der Waals surface area (Å²) in [6.45, 7) is 4.33. The molecule has 0 aliphatic heterocycles. The summed E-state index contributed by atoms with van der Waals surface area (Å²) in [6, 6.07) is 6.97. The molecule has 1 N–H and O–H groups in total. The van der Waals surface area contributed by atoms with Crippen molar-refractivity contribution in [2.75, 3.05) is 26.4 Å². The molecular formula is C13H16O4. The Morgan fingerprint density at radius 2 is 1.94 bits per heavy atom. The van der Waals surface area contributed by atoms with E-state index in [4.69, 9.17) is 14.6 Å². The second kappa shape index (κ2) is 7.60. The molecule has 4 heteroatoms. The number of aliphatic hydroxyl groups excluding tert-OH is 1. The minimum atomic E-state index is -0.381. The van der Waals surface area contributed by atoms with E-state index in [1.165, 1.54) is 0 Å². The van der Waals surface area contributed by atoms with Crippen molar-refractivity contribution < 1.29 is 19.4 Å². The lowest BCUT2D eigenvalue weighted by Gasteiger charge is -2.05. The van der Waals surface area contributed by atoms with E-state index in [0.717, 1.165) is 5.56 Å². The molecule has 1 rings (SSSR count). The molecule has 4 nitrogen and oxygen atoms in total. The first-order chi connectivity index (χ1) is 8.27.